The number of carbonyl (C=O) groups excluding carboxylic acids is 1. The molecule has 1 heterocycles. The van der Waals surface area contributed by atoms with E-state index in [-0.39, 0.29) is 5.56 Å². The highest BCUT2D eigenvalue weighted by Gasteiger charge is 2.14. The minimum absolute atomic E-state index is 0.0749. The smallest absolute Gasteiger partial charge is 0.258 e. The standard InChI is InChI=1S/C17H17FN2O/c1-11-2-5-16(18)15(8-11)17(21)20-14-4-3-12-6-7-19-10-13(12)9-14/h2-5,8-9,19H,6-7,10H2,1H3,(H,20,21). The van der Waals surface area contributed by atoms with E-state index in [4.69, 9.17) is 0 Å². The van der Waals surface area contributed by atoms with Crippen molar-refractivity contribution in [1.82, 2.24) is 5.32 Å². The summed E-state index contributed by atoms with van der Waals surface area (Å²) in [6, 6.07) is 10.4. The minimum Gasteiger partial charge on any atom is -0.322 e. The van der Waals surface area contributed by atoms with Crippen LogP contribution in [-0.4, -0.2) is 12.5 Å². The zero-order valence-corrected chi connectivity index (χ0v) is 11.9. The van der Waals surface area contributed by atoms with Gasteiger partial charge >= 0.3 is 0 Å². The van der Waals surface area contributed by atoms with Crippen molar-refractivity contribution in [1.29, 1.82) is 0 Å². The number of benzene rings is 2. The lowest BCUT2D eigenvalue weighted by Gasteiger charge is -2.18. The Kier molecular flexibility index (Phi) is 3.71. The van der Waals surface area contributed by atoms with E-state index in [1.807, 2.05) is 25.1 Å². The van der Waals surface area contributed by atoms with Crippen molar-refractivity contribution >= 4 is 11.6 Å². The highest BCUT2D eigenvalue weighted by Crippen LogP contribution is 2.20. The largest absolute Gasteiger partial charge is 0.322 e. The number of nitrogens with one attached hydrogen (secondary N) is 2. The van der Waals surface area contributed by atoms with E-state index in [0.29, 0.717) is 5.69 Å². The summed E-state index contributed by atoms with van der Waals surface area (Å²) in [5.74, 6) is -0.919. The third-order valence-corrected chi connectivity index (χ3v) is 3.72. The van der Waals surface area contributed by atoms with Crippen molar-refractivity contribution in [2.24, 2.45) is 0 Å². The number of amides is 1. The van der Waals surface area contributed by atoms with Gasteiger partial charge in [0.1, 0.15) is 5.82 Å². The first kappa shape index (κ1) is 13.8. The maximum Gasteiger partial charge on any atom is 0.258 e. The Morgan fingerprint density at radius 1 is 1.19 bits per heavy atom. The Bertz CT molecular complexity index is 697. The number of anilines is 1. The van der Waals surface area contributed by atoms with Gasteiger partial charge < -0.3 is 10.6 Å². The number of aryl methyl sites for hydroxylation is 1. The predicted octanol–water partition coefficient (Wildman–Crippen LogP) is 3.03. The molecule has 2 aromatic carbocycles. The molecule has 0 radical (unpaired) electrons. The van der Waals surface area contributed by atoms with Gasteiger partial charge in [0.15, 0.2) is 0 Å². The van der Waals surface area contributed by atoms with Crippen LogP contribution in [0.25, 0.3) is 0 Å². The molecule has 0 atom stereocenters. The molecule has 2 N–H and O–H groups in total. The summed E-state index contributed by atoms with van der Waals surface area (Å²) in [5.41, 5.74) is 4.11. The average Bonchev–Trinajstić information content (AvgIpc) is 2.49. The molecule has 0 bridgehead atoms. The number of hydrogen-bond donors (Lipinski definition) is 2. The molecule has 3 nitrogen and oxygen atoms in total. The Morgan fingerprint density at radius 3 is 2.90 bits per heavy atom. The van der Waals surface area contributed by atoms with Gasteiger partial charge in [-0.1, -0.05) is 17.7 Å². The van der Waals surface area contributed by atoms with Crippen LogP contribution in [0.2, 0.25) is 0 Å². The molecule has 1 amide bonds. The van der Waals surface area contributed by atoms with Crippen molar-refractivity contribution in [2.45, 2.75) is 19.9 Å². The van der Waals surface area contributed by atoms with Crippen molar-refractivity contribution in [2.75, 3.05) is 11.9 Å². The molecule has 108 valence electrons. The molecule has 2 aromatic rings. The molecule has 3 rings (SSSR count). The highest BCUT2D eigenvalue weighted by atomic mass is 19.1. The molecule has 0 unspecified atom stereocenters. The molecule has 0 fully saturated rings. The first-order valence-electron chi connectivity index (χ1n) is 7.03. The summed E-state index contributed by atoms with van der Waals surface area (Å²) in [6.07, 6.45) is 0.996. The first-order chi connectivity index (χ1) is 10.1. The average molecular weight is 284 g/mol. The molecule has 1 aliphatic heterocycles. The van der Waals surface area contributed by atoms with E-state index in [0.717, 1.165) is 25.1 Å². The Labute approximate surface area is 123 Å². The van der Waals surface area contributed by atoms with Crippen LogP contribution < -0.4 is 10.6 Å². The van der Waals surface area contributed by atoms with Gasteiger partial charge in [-0.05, 0) is 55.3 Å². The van der Waals surface area contributed by atoms with E-state index in [9.17, 15) is 9.18 Å². The van der Waals surface area contributed by atoms with Gasteiger partial charge in [-0.3, -0.25) is 4.79 Å². The Hall–Kier alpha value is -2.20. The van der Waals surface area contributed by atoms with Crippen molar-refractivity contribution in [3.8, 4) is 0 Å². The van der Waals surface area contributed by atoms with Gasteiger partial charge in [0.25, 0.3) is 5.91 Å². The number of fused-ring (bicyclic) bond motifs is 1. The van der Waals surface area contributed by atoms with Crippen LogP contribution in [0.4, 0.5) is 10.1 Å². The summed E-state index contributed by atoms with van der Waals surface area (Å²) in [5, 5.41) is 6.07. The minimum atomic E-state index is -0.502. The number of halogens is 1. The zero-order valence-electron chi connectivity index (χ0n) is 11.9. The van der Waals surface area contributed by atoms with Crippen LogP contribution >= 0.6 is 0 Å². The lowest BCUT2D eigenvalue weighted by atomic mass is 10.0. The quantitative estimate of drug-likeness (QED) is 0.890. The summed E-state index contributed by atoms with van der Waals surface area (Å²) in [4.78, 5) is 12.2. The second kappa shape index (κ2) is 5.66. The van der Waals surface area contributed by atoms with E-state index in [2.05, 4.69) is 10.6 Å². The molecule has 21 heavy (non-hydrogen) atoms. The van der Waals surface area contributed by atoms with Gasteiger partial charge in [-0.15, -0.1) is 0 Å². The van der Waals surface area contributed by atoms with Crippen LogP contribution in [0, 0.1) is 12.7 Å². The normalized spacial score (nSPS) is 13.6. The van der Waals surface area contributed by atoms with E-state index >= 15 is 0 Å². The molecule has 1 aliphatic rings. The van der Waals surface area contributed by atoms with Crippen LogP contribution in [0.3, 0.4) is 0 Å². The van der Waals surface area contributed by atoms with Gasteiger partial charge in [0.2, 0.25) is 0 Å². The lowest BCUT2D eigenvalue weighted by Crippen LogP contribution is -2.23. The number of carbonyl (C=O) groups is 1. The molecule has 0 spiro atoms. The van der Waals surface area contributed by atoms with Crippen LogP contribution in [0.5, 0.6) is 0 Å². The third-order valence-electron chi connectivity index (χ3n) is 3.72. The van der Waals surface area contributed by atoms with E-state index in [1.165, 1.54) is 17.2 Å². The SMILES string of the molecule is Cc1ccc(F)c(C(=O)Nc2ccc3c(c2)CNCC3)c1. The molecule has 0 saturated carbocycles. The lowest BCUT2D eigenvalue weighted by molar-refractivity contribution is 0.102. The van der Waals surface area contributed by atoms with E-state index < -0.39 is 11.7 Å². The van der Waals surface area contributed by atoms with Crippen molar-refractivity contribution in [3.63, 3.8) is 0 Å². The number of rotatable bonds is 2. The molecular formula is C17H17FN2O. The Morgan fingerprint density at radius 2 is 2.05 bits per heavy atom. The van der Waals surface area contributed by atoms with Gasteiger partial charge in [0, 0.05) is 12.2 Å². The molecule has 0 saturated heterocycles. The fourth-order valence-corrected chi connectivity index (χ4v) is 2.57. The van der Waals surface area contributed by atoms with Crippen LogP contribution in [0.1, 0.15) is 27.0 Å². The zero-order chi connectivity index (χ0) is 14.8. The fraction of sp³-hybridized carbons (Fsp3) is 0.235. The van der Waals surface area contributed by atoms with Crippen LogP contribution in [-0.2, 0) is 13.0 Å². The monoisotopic (exact) mass is 284 g/mol. The topological polar surface area (TPSA) is 41.1 Å². The first-order valence-corrected chi connectivity index (χ1v) is 7.03. The third kappa shape index (κ3) is 2.95. The fourth-order valence-electron chi connectivity index (χ4n) is 2.57. The highest BCUT2D eigenvalue weighted by molar-refractivity contribution is 6.04. The number of hydrogen-bond acceptors (Lipinski definition) is 2. The molecular weight excluding hydrogens is 267 g/mol. The Balaban J connectivity index is 1.83. The van der Waals surface area contributed by atoms with Gasteiger partial charge in [0.05, 0.1) is 5.56 Å². The maximum absolute atomic E-state index is 13.7. The molecule has 0 aromatic heterocycles. The second-order valence-electron chi connectivity index (χ2n) is 5.35. The maximum atomic E-state index is 13.7. The van der Waals surface area contributed by atoms with Crippen molar-refractivity contribution < 1.29 is 9.18 Å². The summed E-state index contributed by atoms with van der Waals surface area (Å²) >= 11 is 0. The molecule has 4 heteroatoms. The summed E-state index contributed by atoms with van der Waals surface area (Å²) in [6.45, 7) is 3.62. The predicted molar refractivity (Wildman–Crippen MR) is 80.9 cm³/mol. The van der Waals surface area contributed by atoms with E-state index in [1.54, 1.807) is 12.1 Å². The van der Waals surface area contributed by atoms with Crippen LogP contribution in [0.15, 0.2) is 36.4 Å². The van der Waals surface area contributed by atoms with Crippen molar-refractivity contribution in [3.05, 3.63) is 64.5 Å². The van der Waals surface area contributed by atoms with Gasteiger partial charge in [-0.25, -0.2) is 4.39 Å². The summed E-state index contributed by atoms with van der Waals surface area (Å²) < 4.78 is 13.7. The second-order valence-corrected chi connectivity index (χ2v) is 5.35. The molecule has 0 aliphatic carbocycles. The summed E-state index contributed by atoms with van der Waals surface area (Å²) in [7, 11) is 0. The van der Waals surface area contributed by atoms with Gasteiger partial charge in [-0.2, -0.15) is 0 Å².